The second-order valence-corrected chi connectivity index (χ2v) is 5.47. The van der Waals surface area contributed by atoms with E-state index < -0.39 is 0 Å². The highest BCUT2D eigenvalue weighted by Gasteiger charge is 2.36. The number of fused-ring (bicyclic) bond motifs is 1. The average molecular weight is 190 g/mol. The molecule has 0 heterocycles. The van der Waals surface area contributed by atoms with Gasteiger partial charge in [0, 0.05) is 0 Å². The Bertz CT molecular complexity index is 272. The molecule has 2 rings (SSSR count). The van der Waals surface area contributed by atoms with E-state index in [0.717, 1.165) is 5.92 Å². The summed E-state index contributed by atoms with van der Waals surface area (Å²) in [5.74, 6) is 0.787. The molecule has 0 heteroatoms. The van der Waals surface area contributed by atoms with Gasteiger partial charge in [0.2, 0.25) is 0 Å². The van der Waals surface area contributed by atoms with E-state index in [2.05, 4.69) is 26.5 Å². The average Bonchev–Trinajstić information content (AvgIpc) is 2.15. The Morgan fingerprint density at radius 3 is 3.07 bits per heavy atom. The highest BCUT2D eigenvalue weighted by atomic mass is 14.4. The highest BCUT2D eigenvalue weighted by molar-refractivity contribution is 5.21. The molecule has 0 saturated heterocycles. The van der Waals surface area contributed by atoms with Crippen LogP contribution in [0.3, 0.4) is 0 Å². The van der Waals surface area contributed by atoms with E-state index in [1.807, 2.05) is 0 Å². The third-order valence-electron chi connectivity index (χ3n) is 4.25. The van der Waals surface area contributed by atoms with Gasteiger partial charge in [-0.2, -0.15) is 0 Å². The van der Waals surface area contributed by atoms with E-state index >= 15 is 0 Å². The first-order valence-corrected chi connectivity index (χ1v) is 5.97. The molecule has 1 saturated carbocycles. The number of rotatable bonds is 1. The largest absolute Gasteiger partial charge is 0.0999 e. The maximum atomic E-state index is 4.13. The van der Waals surface area contributed by atoms with Gasteiger partial charge in [-0.3, -0.25) is 0 Å². The van der Waals surface area contributed by atoms with Gasteiger partial charge in [-0.25, -0.2) is 0 Å². The lowest BCUT2D eigenvalue weighted by Crippen LogP contribution is -2.30. The monoisotopic (exact) mass is 190 g/mol. The maximum Gasteiger partial charge on any atom is -0.0111 e. The molecule has 0 amide bonds. The summed E-state index contributed by atoms with van der Waals surface area (Å²) in [6.45, 7) is 8.79. The Morgan fingerprint density at radius 2 is 2.36 bits per heavy atom. The van der Waals surface area contributed by atoms with Crippen molar-refractivity contribution in [2.24, 2.45) is 11.3 Å². The zero-order valence-corrected chi connectivity index (χ0v) is 9.60. The smallest absolute Gasteiger partial charge is 0.0111 e. The predicted octanol–water partition coefficient (Wildman–Crippen LogP) is 4.48. The van der Waals surface area contributed by atoms with Crippen molar-refractivity contribution in [3.05, 3.63) is 23.8 Å². The first-order chi connectivity index (χ1) is 6.62. The van der Waals surface area contributed by atoms with Gasteiger partial charge in [-0.15, -0.1) is 0 Å². The van der Waals surface area contributed by atoms with Crippen LogP contribution in [0, 0.1) is 11.3 Å². The normalized spacial score (nSPS) is 37.3. The molecule has 0 aromatic carbocycles. The SMILES string of the molecule is C=C(C)[C@@H]1CCC2=CCCC[C@]2(C)C1. The molecule has 2 aliphatic carbocycles. The number of hydrogen-bond acceptors (Lipinski definition) is 0. The van der Waals surface area contributed by atoms with Crippen LogP contribution in [0.25, 0.3) is 0 Å². The molecular weight excluding hydrogens is 168 g/mol. The summed E-state index contributed by atoms with van der Waals surface area (Å²) in [6.07, 6.45) is 10.7. The van der Waals surface area contributed by atoms with Crippen LogP contribution in [0.2, 0.25) is 0 Å². The Balaban J connectivity index is 2.17. The fraction of sp³-hybridized carbons (Fsp3) is 0.714. The third-order valence-corrected chi connectivity index (χ3v) is 4.25. The second kappa shape index (κ2) is 3.56. The molecule has 0 nitrogen and oxygen atoms in total. The van der Waals surface area contributed by atoms with E-state index in [4.69, 9.17) is 0 Å². The van der Waals surface area contributed by atoms with Gasteiger partial charge in [0.25, 0.3) is 0 Å². The molecule has 0 radical (unpaired) electrons. The maximum absolute atomic E-state index is 4.13. The van der Waals surface area contributed by atoms with Crippen molar-refractivity contribution in [1.82, 2.24) is 0 Å². The van der Waals surface area contributed by atoms with Crippen molar-refractivity contribution in [3.63, 3.8) is 0 Å². The first-order valence-electron chi connectivity index (χ1n) is 5.97. The van der Waals surface area contributed by atoms with Gasteiger partial charge in [-0.1, -0.05) is 30.7 Å². The van der Waals surface area contributed by atoms with Gasteiger partial charge < -0.3 is 0 Å². The molecule has 1 fully saturated rings. The summed E-state index contributed by atoms with van der Waals surface area (Å²) in [4.78, 5) is 0. The summed E-state index contributed by atoms with van der Waals surface area (Å²) in [6, 6.07) is 0. The Labute approximate surface area is 88.1 Å². The third kappa shape index (κ3) is 1.67. The molecule has 0 spiro atoms. The molecule has 0 unspecified atom stereocenters. The van der Waals surface area contributed by atoms with Crippen LogP contribution in [-0.2, 0) is 0 Å². The second-order valence-electron chi connectivity index (χ2n) is 5.47. The molecule has 78 valence electrons. The Kier molecular flexibility index (Phi) is 2.55. The first kappa shape index (κ1) is 10.0. The van der Waals surface area contributed by atoms with E-state index in [1.165, 1.54) is 44.1 Å². The lowest BCUT2D eigenvalue weighted by Gasteiger charge is -2.43. The molecule has 0 aromatic rings. The molecule has 2 aliphatic rings. The van der Waals surface area contributed by atoms with Crippen LogP contribution in [0.5, 0.6) is 0 Å². The van der Waals surface area contributed by atoms with Crippen LogP contribution < -0.4 is 0 Å². The summed E-state index contributed by atoms with van der Waals surface area (Å²) in [5, 5.41) is 0. The van der Waals surface area contributed by atoms with Gasteiger partial charge in [-0.05, 0) is 56.8 Å². The molecular formula is C14H22. The minimum Gasteiger partial charge on any atom is -0.0999 e. The minimum atomic E-state index is 0.528. The number of hydrogen-bond donors (Lipinski definition) is 0. The summed E-state index contributed by atoms with van der Waals surface area (Å²) >= 11 is 0. The van der Waals surface area contributed by atoms with Gasteiger partial charge >= 0.3 is 0 Å². The Hall–Kier alpha value is -0.520. The van der Waals surface area contributed by atoms with Crippen LogP contribution >= 0.6 is 0 Å². The van der Waals surface area contributed by atoms with Crippen LogP contribution in [0.1, 0.15) is 52.4 Å². The predicted molar refractivity (Wildman–Crippen MR) is 62.2 cm³/mol. The topological polar surface area (TPSA) is 0 Å². The fourth-order valence-corrected chi connectivity index (χ4v) is 3.21. The van der Waals surface area contributed by atoms with Crippen molar-refractivity contribution in [2.45, 2.75) is 52.4 Å². The quantitative estimate of drug-likeness (QED) is 0.535. The Morgan fingerprint density at radius 1 is 1.57 bits per heavy atom. The van der Waals surface area contributed by atoms with E-state index in [0.29, 0.717) is 5.41 Å². The van der Waals surface area contributed by atoms with Crippen molar-refractivity contribution >= 4 is 0 Å². The molecule has 0 aromatic heterocycles. The molecule has 0 aliphatic heterocycles. The standard InChI is InChI=1S/C14H22/c1-11(2)12-7-8-13-6-4-5-9-14(13,3)10-12/h6,12H,1,4-5,7-10H2,2-3H3/t12-,14-/m1/s1. The molecule has 14 heavy (non-hydrogen) atoms. The van der Waals surface area contributed by atoms with Gasteiger partial charge in [0.05, 0.1) is 0 Å². The zero-order chi connectivity index (χ0) is 10.2. The summed E-state index contributed by atoms with van der Waals surface area (Å²) in [7, 11) is 0. The minimum absolute atomic E-state index is 0.528. The van der Waals surface area contributed by atoms with Crippen molar-refractivity contribution in [2.75, 3.05) is 0 Å². The highest BCUT2D eigenvalue weighted by Crippen LogP contribution is 2.50. The van der Waals surface area contributed by atoms with Crippen molar-refractivity contribution in [3.8, 4) is 0 Å². The molecule has 0 bridgehead atoms. The molecule has 0 N–H and O–H groups in total. The fourth-order valence-electron chi connectivity index (χ4n) is 3.21. The molecule has 2 atom stereocenters. The lowest BCUT2D eigenvalue weighted by atomic mass is 9.62. The number of allylic oxidation sites excluding steroid dienone is 3. The summed E-state index contributed by atoms with van der Waals surface area (Å²) < 4.78 is 0. The van der Waals surface area contributed by atoms with Gasteiger partial charge in [0.1, 0.15) is 0 Å². The van der Waals surface area contributed by atoms with E-state index in [-0.39, 0.29) is 0 Å². The zero-order valence-electron chi connectivity index (χ0n) is 9.60. The van der Waals surface area contributed by atoms with Gasteiger partial charge in [0.15, 0.2) is 0 Å². The summed E-state index contributed by atoms with van der Waals surface area (Å²) in [5.41, 5.74) is 3.68. The van der Waals surface area contributed by atoms with E-state index in [1.54, 1.807) is 5.57 Å². The van der Waals surface area contributed by atoms with Crippen molar-refractivity contribution < 1.29 is 0 Å². The van der Waals surface area contributed by atoms with Crippen molar-refractivity contribution in [1.29, 1.82) is 0 Å². The van der Waals surface area contributed by atoms with Crippen LogP contribution in [0.15, 0.2) is 23.8 Å². The van der Waals surface area contributed by atoms with Crippen LogP contribution in [-0.4, -0.2) is 0 Å². The lowest BCUT2D eigenvalue weighted by molar-refractivity contribution is 0.221. The van der Waals surface area contributed by atoms with E-state index in [9.17, 15) is 0 Å². The van der Waals surface area contributed by atoms with Crippen LogP contribution in [0.4, 0.5) is 0 Å².